The Balaban J connectivity index is 2.30. The van der Waals surface area contributed by atoms with Crippen molar-refractivity contribution in [2.75, 3.05) is 6.54 Å². The van der Waals surface area contributed by atoms with Crippen LogP contribution in [0.15, 0.2) is 36.4 Å². The van der Waals surface area contributed by atoms with Crippen LogP contribution in [0.4, 0.5) is 4.39 Å². The molecule has 2 rings (SSSR count). The van der Waals surface area contributed by atoms with E-state index in [0.29, 0.717) is 22.0 Å². The SMILES string of the molecule is CCNC(Cc1ccc(Cl)c(Cl)c1)c1cc(C)ccc1F. The second kappa shape index (κ2) is 7.26. The first-order valence-corrected chi connectivity index (χ1v) is 7.70. The second-order valence-corrected chi connectivity index (χ2v) is 5.90. The van der Waals surface area contributed by atoms with Crippen molar-refractivity contribution >= 4 is 23.2 Å². The summed E-state index contributed by atoms with van der Waals surface area (Å²) < 4.78 is 14.1. The first-order valence-electron chi connectivity index (χ1n) is 6.94. The zero-order chi connectivity index (χ0) is 15.4. The normalized spacial score (nSPS) is 12.4. The highest BCUT2D eigenvalue weighted by molar-refractivity contribution is 6.42. The first kappa shape index (κ1) is 16.3. The average Bonchev–Trinajstić information content (AvgIpc) is 2.45. The maximum absolute atomic E-state index is 14.1. The van der Waals surface area contributed by atoms with Gasteiger partial charge in [-0.1, -0.05) is 53.9 Å². The summed E-state index contributed by atoms with van der Waals surface area (Å²) in [5.41, 5.74) is 2.75. The van der Waals surface area contributed by atoms with Crippen molar-refractivity contribution < 1.29 is 4.39 Å². The summed E-state index contributed by atoms with van der Waals surface area (Å²) in [6.45, 7) is 4.74. The van der Waals surface area contributed by atoms with Crippen LogP contribution >= 0.6 is 23.2 Å². The van der Waals surface area contributed by atoms with Gasteiger partial charge in [-0.3, -0.25) is 0 Å². The molecule has 0 aliphatic carbocycles. The number of nitrogens with one attached hydrogen (secondary N) is 1. The van der Waals surface area contributed by atoms with Crippen molar-refractivity contribution in [2.45, 2.75) is 26.3 Å². The number of hydrogen-bond donors (Lipinski definition) is 1. The summed E-state index contributed by atoms with van der Waals surface area (Å²) in [6.07, 6.45) is 0.658. The van der Waals surface area contributed by atoms with Gasteiger partial charge >= 0.3 is 0 Å². The van der Waals surface area contributed by atoms with Crippen LogP contribution in [0.2, 0.25) is 10.0 Å². The average molecular weight is 326 g/mol. The third kappa shape index (κ3) is 4.19. The largest absolute Gasteiger partial charge is 0.310 e. The van der Waals surface area contributed by atoms with E-state index < -0.39 is 0 Å². The molecule has 0 amide bonds. The molecule has 0 saturated carbocycles. The highest BCUT2D eigenvalue weighted by Gasteiger charge is 2.16. The van der Waals surface area contributed by atoms with Crippen molar-refractivity contribution in [2.24, 2.45) is 0 Å². The lowest BCUT2D eigenvalue weighted by atomic mass is 9.97. The summed E-state index contributed by atoms with van der Waals surface area (Å²) in [7, 11) is 0. The molecule has 2 aromatic rings. The van der Waals surface area contributed by atoms with E-state index in [9.17, 15) is 4.39 Å². The maximum Gasteiger partial charge on any atom is 0.128 e. The third-order valence-electron chi connectivity index (χ3n) is 3.40. The number of rotatable bonds is 5. The predicted octanol–water partition coefficient (Wildman–Crippen LogP) is 5.33. The Morgan fingerprint density at radius 1 is 1.10 bits per heavy atom. The van der Waals surface area contributed by atoms with Gasteiger partial charge in [-0.05, 0) is 43.7 Å². The molecular formula is C17H18Cl2FN. The third-order valence-corrected chi connectivity index (χ3v) is 4.14. The van der Waals surface area contributed by atoms with Gasteiger partial charge < -0.3 is 5.32 Å². The molecule has 1 N–H and O–H groups in total. The molecule has 0 radical (unpaired) electrons. The standard InChI is InChI=1S/C17H18Cl2FN/c1-3-21-17(13-8-11(2)4-7-16(13)20)10-12-5-6-14(18)15(19)9-12/h4-9,17,21H,3,10H2,1-2H3. The minimum Gasteiger partial charge on any atom is -0.310 e. The molecular weight excluding hydrogens is 308 g/mol. The topological polar surface area (TPSA) is 12.0 Å². The van der Waals surface area contributed by atoms with Crippen LogP contribution in [0.3, 0.4) is 0 Å². The minimum absolute atomic E-state index is 0.0906. The van der Waals surface area contributed by atoms with Crippen LogP contribution in [-0.2, 0) is 6.42 Å². The van der Waals surface area contributed by atoms with Gasteiger partial charge in [-0.25, -0.2) is 4.39 Å². The number of halogens is 3. The Labute approximate surface area is 135 Å². The zero-order valence-corrected chi connectivity index (χ0v) is 13.6. The fourth-order valence-electron chi connectivity index (χ4n) is 2.37. The van der Waals surface area contributed by atoms with E-state index in [4.69, 9.17) is 23.2 Å². The number of aryl methyl sites for hydroxylation is 1. The molecule has 0 bridgehead atoms. The first-order chi connectivity index (χ1) is 10.0. The van der Waals surface area contributed by atoms with E-state index >= 15 is 0 Å². The molecule has 112 valence electrons. The fourth-order valence-corrected chi connectivity index (χ4v) is 2.69. The Kier molecular flexibility index (Phi) is 5.63. The molecule has 0 saturated heterocycles. The molecule has 0 heterocycles. The Hall–Kier alpha value is -1.09. The number of benzene rings is 2. The zero-order valence-electron chi connectivity index (χ0n) is 12.1. The van der Waals surface area contributed by atoms with E-state index in [1.165, 1.54) is 6.07 Å². The second-order valence-electron chi connectivity index (χ2n) is 5.09. The maximum atomic E-state index is 14.1. The molecule has 4 heteroatoms. The summed E-state index contributed by atoms with van der Waals surface area (Å²) in [5, 5.41) is 4.39. The van der Waals surface area contributed by atoms with Gasteiger partial charge in [0.25, 0.3) is 0 Å². The van der Waals surface area contributed by atoms with E-state index in [1.807, 2.05) is 32.0 Å². The van der Waals surface area contributed by atoms with Crippen molar-refractivity contribution in [3.63, 3.8) is 0 Å². The van der Waals surface area contributed by atoms with Gasteiger partial charge in [-0.2, -0.15) is 0 Å². The molecule has 0 fully saturated rings. The molecule has 21 heavy (non-hydrogen) atoms. The highest BCUT2D eigenvalue weighted by Crippen LogP contribution is 2.27. The lowest BCUT2D eigenvalue weighted by Crippen LogP contribution is -2.24. The molecule has 1 nitrogen and oxygen atoms in total. The molecule has 0 spiro atoms. The predicted molar refractivity (Wildman–Crippen MR) is 87.7 cm³/mol. The molecule has 2 aromatic carbocycles. The number of hydrogen-bond acceptors (Lipinski definition) is 1. The molecule has 0 aromatic heterocycles. The monoisotopic (exact) mass is 325 g/mol. The van der Waals surface area contributed by atoms with Crippen LogP contribution in [0, 0.1) is 12.7 Å². The van der Waals surface area contributed by atoms with Crippen LogP contribution in [0.5, 0.6) is 0 Å². The van der Waals surface area contributed by atoms with Crippen LogP contribution in [-0.4, -0.2) is 6.54 Å². The molecule has 0 aliphatic rings. The lowest BCUT2D eigenvalue weighted by Gasteiger charge is -2.20. The minimum atomic E-state index is -0.188. The summed E-state index contributed by atoms with van der Waals surface area (Å²) in [6, 6.07) is 10.6. The van der Waals surface area contributed by atoms with Gasteiger partial charge in [0, 0.05) is 11.6 Å². The number of likely N-dealkylation sites (N-methyl/N-ethyl adjacent to an activating group) is 1. The Morgan fingerprint density at radius 3 is 2.52 bits per heavy atom. The van der Waals surface area contributed by atoms with Crippen LogP contribution in [0.1, 0.15) is 29.7 Å². The van der Waals surface area contributed by atoms with E-state index in [1.54, 1.807) is 12.1 Å². The summed E-state index contributed by atoms with van der Waals surface area (Å²) in [5.74, 6) is -0.188. The smallest absolute Gasteiger partial charge is 0.128 e. The van der Waals surface area contributed by atoms with Gasteiger partial charge in [0.2, 0.25) is 0 Å². The van der Waals surface area contributed by atoms with E-state index in [0.717, 1.165) is 17.7 Å². The highest BCUT2D eigenvalue weighted by atomic mass is 35.5. The fraction of sp³-hybridized carbons (Fsp3) is 0.294. The summed E-state index contributed by atoms with van der Waals surface area (Å²) >= 11 is 12.0. The van der Waals surface area contributed by atoms with Crippen LogP contribution in [0.25, 0.3) is 0 Å². The quantitative estimate of drug-likeness (QED) is 0.782. The molecule has 1 unspecified atom stereocenters. The van der Waals surface area contributed by atoms with Gasteiger partial charge in [-0.15, -0.1) is 0 Å². The van der Waals surface area contributed by atoms with Gasteiger partial charge in [0.1, 0.15) is 5.82 Å². The van der Waals surface area contributed by atoms with Gasteiger partial charge in [0.15, 0.2) is 0 Å². The Morgan fingerprint density at radius 2 is 1.86 bits per heavy atom. The molecule has 1 atom stereocenters. The van der Waals surface area contributed by atoms with Crippen molar-refractivity contribution in [1.82, 2.24) is 5.32 Å². The van der Waals surface area contributed by atoms with Crippen LogP contribution < -0.4 is 5.32 Å². The van der Waals surface area contributed by atoms with Crippen molar-refractivity contribution in [3.8, 4) is 0 Å². The van der Waals surface area contributed by atoms with E-state index in [-0.39, 0.29) is 11.9 Å². The lowest BCUT2D eigenvalue weighted by molar-refractivity contribution is 0.509. The van der Waals surface area contributed by atoms with Crippen molar-refractivity contribution in [3.05, 3.63) is 69.0 Å². The molecule has 0 aliphatic heterocycles. The van der Waals surface area contributed by atoms with E-state index in [2.05, 4.69) is 5.32 Å². The summed E-state index contributed by atoms with van der Waals surface area (Å²) in [4.78, 5) is 0. The van der Waals surface area contributed by atoms with Gasteiger partial charge in [0.05, 0.1) is 10.0 Å². The Bertz CT molecular complexity index is 628. The van der Waals surface area contributed by atoms with Crippen molar-refractivity contribution in [1.29, 1.82) is 0 Å².